The number of methoxy groups -OCH3 is 1. The van der Waals surface area contributed by atoms with Gasteiger partial charge in [-0.05, 0) is 92.8 Å². The van der Waals surface area contributed by atoms with Crippen LogP contribution in [0.25, 0.3) is 0 Å². The average molecular weight is 537 g/mol. The second kappa shape index (κ2) is 17.0. The summed E-state index contributed by atoms with van der Waals surface area (Å²) in [4.78, 5) is 24.6. The number of carbonyl (C=O) groups excluding carboxylic acids is 2. The van der Waals surface area contributed by atoms with E-state index < -0.39 is 0 Å². The Morgan fingerprint density at radius 1 is 0.974 bits per heavy atom. The maximum atomic E-state index is 13.1. The van der Waals surface area contributed by atoms with Gasteiger partial charge in [-0.15, -0.1) is 0 Å². The minimum absolute atomic E-state index is 0.0918. The Labute approximate surface area is 236 Å². The molecule has 3 saturated carbocycles. The average Bonchev–Trinajstić information content (AvgIpc) is 3.24. The second-order valence-electron chi connectivity index (χ2n) is 12.9. The number of ether oxygens (including phenoxy) is 1. The summed E-state index contributed by atoms with van der Waals surface area (Å²) in [5, 5.41) is 3.17. The van der Waals surface area contributed by atoms with Crippen LogP contribution in [0.3, 0.4) is 0 Å². The number of carbonyl (C=O) groups is 2. The molecule has 0 aromatic rings. The fourth-order valence-electron chi connectivity index (χ4n) is 8.59. The van der Waals surface area contributed by atoms with Gasteiger partial charge in [-0.3, -0.25) is 9.59 Å². The van der Waals surface area contributed by atoms with E-state index in [1.807, 2.05) is 20.8 Å². The molecule has 0 bridgehead atoms. The van der Waals surface area contributed by atoms with Gasteiger partial charge in [0, 0.05) is 31.5 Å². The number of nitrogens with one attached hydrogen (secondary N) is 1. The van der Waals surface area contributed by atoms with Crippen molar-refractivity contribution in [2.45, 2.75) is 138 Å². The number of hydrogen-bond donors (Lipinski definition) is 2. The Kier molecular flexibility index (Phi) is 15.7. The third-order valence-electron chi connectivity index (χ3n) is 10.6. The fourth-order valence-corrected chi connectivity index (χ4v) is 8.59. The maximum absolute atomic E-state index is 13.1. The van der Waals surface area contributed by atoms with Gasteiger partial charge in [0.1, 0.15) is 5.78 Å². The van der Waals surface area contributed by atoms with Crippen molar-refractivity contribution in [3.63, 3.8) is 0 Å². The molecular formula is C33H64N2O3. The van der Waals surface area contributed by atoms with E-state index in [-0.39, 0.29) is 17.3 Å². The van der Waals surface area contributed by atoms with Crippen molar-refractivity contribution in [1.29, 1.82) is 0 Å². The molecule has 0 amide bonds. The zero-order valence-electron chi connectivity index (χ0n) is 26.7. The largest absolute Gasteiger partial charge is 0.469 e. The van der Waals surface area contributed by atoms with Crippen molar-refractivity contribution in [3.05, 3.63) is 0 Å². The Hall–Kier alpha value is -0.940. The molecule has 0 saturated heterocycles. The predicted molar refractivity (Wildman–Crippen MR) is 161 cm³/mol. The molecule has 0 radical (unpaired) electrons. The Balaban J connectivity index is 0.000000696. The van der Waals surface area contributed by atoms with E-state index in [2.05, 4.69) is 39.9 Å². The van der Waals surface area contributed by atoms with E-state index in [4.69, 9.17) is 10.5 Å². The Morgan fingerprint density at radius 2 is 1.61 bits per heavy atom. The van der Waals surface area contributed by atoms with Crippen LogP contribution in [0.1, 0.15) is 132 Å². The van der Waals surface area contributed by atoms with Crippen LogP contribution in [0.5, 0.6) is 0 Å². The van der Waals surface area contributed by atoms with Crippen molar-refractivity contribution < 1.29 is 14.3 Å². The smallest absolute Gasteiger partial charge is 0.305 e. The quantitative estimate of drug-likeness (QED) is 0.282. The summed E-state index contributed by atoms with van der Waals surface area (Å²) >= 11 is 0. The van der Waals surface area contributed by atoms with Crippen LogP contribution < -0.4 is 11.1 Å². The van der Waals surface area contributed by atoms with Gasteiger partial charge in [-0.25, -0.2) is 0 Å². The molecule has 7 atom stereocenters. The summed E-state index contributed by atoms with van der Waals surface area (Å²) in [5.74, 6) is 3.14. The van der Waals surface area contributed by atoms with Crippen molar-refractivity contribution in [2.24, 2.45) is 46.2 Å². The highest BCUT2D eigenvalue weighted by molar-refractivity contribution is 5.79. The molecule has 0 aromatic heterocycles. The van der Waals surface area contributed by atoms with Gasteiger partial charge in [0.15, 0.2) is 0 Å². The molecule has 224 valence electrons. The van der Waals surface area contributed by atoms with Crippen LogP contribution in [0.4, 0.5) is 0 Å². The second-order valence-corrected chi connectivity index (χ2v) is 12.9. The fraction of sp³-hybridized carbons (Fsp3) is 0.939. The van der Waals surface area contributed by atoms with Gasteiger partial charge in [-0.2, -0.15) is 0 Å². The summed E-state index contributed by atoms with van der Waals surface area (Å²) in [6, 6.07) is 0.573. The first-order chi connectivity index (χ1) is 18.0. The zero-order valence-corrected chi connectivity index (χ0v) is 26.7. The third kappa shape index (κ3) is 8.78. The third-order valence-corrected chi connectivity index (χ3v) is 10.6. The number of esters is 1. The number of nitrogens with two attached hydrogens (primary N) is 1. The van der Waals surface area contributed by atoms with E-state index in [1.54, 1.807) is 0 Å². The summed E-state index contributed by atoms with van der Waals surface area (Å²) in [6.07, 6.45) is 14.1. The topological polar surface area (TPSA) is 81.4 Å². The molecule has 3 rings (SSSR count). The van der Waals surface area contributed by atoms with E-state index >= 15 is 0 Å². The van der Waals surface area contributed by atoms with Gasteiger partial charge in [-0.1, -0.05) is 67.7 Å². The first-order valence-electron chi connectivity index (χ1n) is 16.1. The molecule has 5 nitrogen and oxygen atoms in total. The van der Waals surface area contributed by atoms with E-state index in [1.165, 1.54) is 64.9 Å². The minimum atomic E-state index is -0.0918. The molecule has 0 aliphatic heterocycles. The molecule has 38 heavy (non-hydrogen) atoms. The van der Waals surface area contributed by atoms with Crippen molar-refractivity contribution in [1.82, 2.24) is 5.32 Å². The maximum Gasteiger partial charge on any atom is 0.305 e. The summed E-state index contributed by atoms with van der Waals surface area (Å²) < 4.78 is 4.82. The van der Waals surface area contributed by atoms with Gasteiger partial charge in [0.05, 0.1) is 7.11 Å². The highest BCUT2D eigenvalue weighted by Gasteiger charge is 2.58. The molecule has 3 aliphatic carbocycles. The lowest BCUT2D eigenvalue weighted by atomic mass is 9.48. The summed E-state index contributed by atoms with van der Waals surface area (Å²) in [6.45, 7) is 19.1. The van der Waals surface area contributed by atoms with Gasteiger partial charge in [0.25, 0.3) is 0 Å². The van der Waals surface area contributed by atoms with Crippen LogP contribution in [0.2, 0.25) is 0 Å². The Bertz CT molecular complexity index is 696. The standard InChI is InChI=1S/C26H44O3.C5H14N2.C2H6/c1-6-19-10-7-8-16-25(19,3)22-15-17-26(4)20(11-9-12-23(28)29-5)13-14-21(26)24(22)18(2)27;1-5(2)7-4-3-6;1-2/h19-22,24H,6-17H2,1-5H3;5,7H,3-4,6H2,1-2H3;1-2H3. The van der Waals surface area contributed by atoms with Crippen molar-refractivity contribution in [2.75, 3.05) is 20.2 Å². The highest BCUT2D eigenvalue weighted by atomic mass is 16.5. The molecule has 3 N–H and O–H groups in total. The lowest BCUT2D eigenvalue weighted by molar-refractivity contribution is -0.140. The number of hydrogen-bond acceptors (Lipinski definition) is 5. The van der Waals surface area contributed by atoms with Gasteiger partial charge < -0.3 is 15.8 Å². The molecule has 7 unspecified atom stereocenters. The summed E-state index contributed by atoms with van der Waals surface area (Å²) in [5.41, 5.74) is 5.83. The molecule has 0 aromatic carbocycles. The van der Waals surface area contributed by atoms with Crippen LogP contribution in [-0.4, -0.2) is 38.0 Å². The van der Waals surface area contributed by atoms with Gasteiger partial charge in [0.2, 0.25) is 0 Å². The first kappa shape index (κ1) is 35.1. The van der Waals surface area contributed by atoms with E-state index in [0.717, 1.165) is 31.8 Å². The monoisotopic (exact) mass is 536 g/mol. The number of rotatable bonds is 10. The Morgan fingerprint density at radius 3 is 2.13 bits per heavy atom. The van der Waals surface area contributed by atoms with Crippen molar-refractivity contribution >= 4 is 11.8 Å². The van der Waals surface area contributed by atoms with Crippen LogP contribution in [0.15, 0.2) is 0 Å². The summed E-state index contributed by atoms with van der Waals surface area (Å²) in [7, 11) is 1.48. The number of Topliss-reactive ketones (excluding diaryl/α,β-unsaturated/α-hetero) is 1. The van der Waals surface area contributed by atoms with Crippen LogP contribution >= 0.6 is 0 Å². The lowest BCUT2D eigenvalue weighted by Gasteiger charge is -2.56. The molecule has 0 spiro atoms. The highest BCUT2D eigenvalue weighted by Crippen LogP contribution is 2.65. The molecule has 0 heterocycles. The normalized spacial score (nSPS) is 34.3. The van der Waals surface area contributed by atoms with E-state index in [9.17, 15) is 9.59 Å². The number of ketones is 1. The van der Waals surface area contributed by atoms with Crippen molar-refractivity contribution in [3.8, 4) is 0 Å². The first-order valence-corrected chi connectivity index (χ1v) is 16.1. The van der Waals surface area contributed by atoms with Gasteiger partial charge >= 0.3 is 5.97 Å². The molecule has 3 aliphatic rings. The predicted octanol–water partition coefficient (Wildman–Crippen LogP) is 7.55. The van der Waals surface area contributed by atoms with E-state index in [0.29, 0.717) is 41.4 Å². The van der Waals surface area contributed by atoms with Crippen LogP contribution in [0, 0.1) is 40.4 Å². The lowest BCUT2D eigenvalue weighted by Crippen LogP contribution is -2.51. The SMILES string of the molecule is CC.CC(C)NCCN.CCC1CCCCC1(C)C1CCC2(C)C(CCCC(=O)OC)CCC2C1C(C)=O. The molecule has 5 heteroatoms. The zero-order chi connectivity index (χ0) is 28.9. The molecular weight excluding hydrogens is 472 g/mol. The molecule has 3 fully saturated rings. The minimum Gasteiger partial charge on any atom is -0.469 e. The number of fused-ring (bicyclic) bond motifs is 1. The van der Waals surface area contributed by atoms with Crippen LogP contribution in [-0.2, 0) is 14.3 Å².